The lowest BCUT2D eigenvalue weighted by Crippen LogP contribution is -2.50. The topological polar surface area (TPSA) is 96.2 Å². The molecule has 0 heterocycles. The minimum absolute atomic E-state index is 0.0587. The van der Waals surface area contributed by atoms with E-state index in [1.165, 1.54) is 7.11 Å². The van der Waals surface area contributed by atoms with E-state index in [0.717, 1.165) is 32.2 Å². The lowest BCUT2D eigenvalue weighted by molar-refractivity contribution is -0.368. The van der Waals surface area contributed by atoms with Gasteiger partial charge < -0.3 is 5.73 Å². The van der Waals surface area contributed by atoms with Crippen molar-refractivity contribution in [3.8, 4) is 6.07 Å². The molecule has 0 saturated heterocycles. The summed E-state index contributed by atoms with van der Waals surface area (Å²) >= 11 is 0. The van der Waals surface area contributed by atoms with Crippen LogP contribution in [0.4, 0.5) is 0 Å². The van der Waals surface area contributed by atoms with Gasteiger partial charge in [0, 0.05) is 7.11 Å². The van der Waals surface area contributed by atoms with Gasteiger partial charge in [0.1, 0.15) is 0 Å². The Balaban J connectivity index is 3.65. The van der Waals surface area contributed by atoms with E-state index in [1.54, 1.807) is 0 Å². The highest BCUT2D eigenvalue weighted by molar-refractivity contribution is 7.48. The largest absolute Gasteiger partial charge is 0.474 e. The van der Waals surface area contributed by atoms with Gasteiger partial charge in [-0.3, -0.25) is 13.6 Å². The van der Waals surface area contributed by atoms with Crippen LogP contribution in [0.3, 0.4) is 0 Å². The Morgan fingerprint density at radius 1 is 1.18 bits per heavy atom. The molecule has 0 spiro atoms. The van der Waals surface area contributed by atoms with Crippen molar-refractivity contribution in [2.45, 2.75) is 32.1 Å². The fourth-order valence-corrected chi connectivity index (χ4v) is 2.11. The zero-order valence-corrected chi connectivity index (χ0v) is 11.3. The molecule has 17 heavy (non-hydrogen) atoms. The molecule has 6 nitrogen and oxygen atoms in total. The van der Waals surface area contributed by atoms with Gasteiger partial charge >= 0.3 is 7.82 Å². The lowest BCUT2D eigenvalue weighted by Gasteiger charge is -2.14. The first-order chi connectivity index (χ1) is 8.18. The first kappa shape index (κ1) is 16.6. The second kappa shape index (κ2) is 10.7. The number of phosphoric acid groups is 1. The Morgan fingerprint density at radius 3 is 2.41 bits per heavy atom. The van der Waals surface area contributed by atoms with Gasteiger partial charge in [0.2, 0.25) is 0 Å². The molecule has 0 rings (SSSR count). The normalized spacial score (nSPS) is 14.2. The first-order valence-electron chi connectivity index (χ1n) is 5.79. The summed E-state index contributed by atoms with van der Waals surface area (Å²) in [5.74, 6) is 0. The summed E-state index contributed by atoms with van der Waals surface area (Å²) in [6.07, 6.45) is 4.19. The minimum atomic E-state index is -3.45. The second-order valence-electron chi connectivity index (χ2n) is 3.47. The molecule has 0 aromatic rings. The van der Waals surface area contributed by atoms with Gasteiger partial charge in [-0.2, -0.15) is 5.26 Å². The Bertz CT molecular complexity index is 268. The average molecular weight is 265 g/mol. The van der Waals surface area contributed by atoms with Crippen LogP contribution in [-0.2, 0) is 18.1 Å². The maximum atomic E-state index is 11.8. The predicted molar refractivity (Wildman–Crippen MR) is 63.0 cm³/mol. The number of hydrogen-bond acceptors (Lipinski definition) is 5. The molecule has 0 aliphatic carbocycles. The van der Waals surface area contributed by atoms with Crippen LogP contribution < -0.4 is 5.73 Å². The van der Waals surface area contributed by atoms with Crippen molar-refractivity contribution in [2.24, 2.45) is 0 Å². The summed E-state index contributed by atoms with van der Waals surface area (Å²) in [4.78, 5) is 0. The molecule has 0 saturated carbocycles. The summed E-state index contributed by atoms with van der Waals surface area (Å²) in [5.41, 5.74) is 3.76. The van der Waals surface area contributed by atoms with Gasteiger partial charge in [-0.15, -0.1) is 0 Å². The number of nitriles is 1. The van der Waals surface area contributed by atoms with Crippen molar-refractivity contribution in [1.29, 1.82) is 5.26 Å². The molecule has 0 radical (unpaired) electrons. The van der Waals surface area contributed by atoms with Gasteiger partial charge in [-0.05, 0) is 19.3 Å². The third-order valence-corrected chi connectivity index (χ3v) is 3.53. The smallest absolute Gasteiger partial charge is 0.358 e. The summed E-state index contributed by atoms with van der Waals surface area (Å²) in [6, 6.07) is 1.89. The van der Waals surface area contributed by atoms with E-state index in [2.05, 4.69) is 5.73 Å². The van der Waals surface area contributed by atoms with Crippen LogP contribution >= 0.6 is 7.82 Å². The van der Waals surface area contributed by atoms with Gasteiger partial charge in [0.15, 0.2) is 0 Å². The SMILES string of the molecule is COP(=O)(OCCC#N)OCCCCCC[NH3+]. The minimum Gasteiger partial charge on any atom is -0.358 e. The second-order valence-corrected chi connectivity index (χ2v) is 5.25. The standard InChI is InChI=1S/C10H21N2O4P/c1-14-17(13,16-10-6-8-12)15-9-5-3-2-4-7-11/h2-7,9-11H2,1H3/p+1. The van der Waals surface area contributed by atoms with E-state index < -0.39 is 7.82 Å². The molecule has 1 unspecified atom stereocenters. The highest BCUT2D eigenvalue weighted by Gasteiger charge is 2.23. The summed E-state index contributed by atoms with van der Waals surface area (Å²) < 4.78 is 26.5. The molecule has 1 atom stereocenters. The van der Waals surface area contributed by atoms with Gasteiger partial charge in [0.25, 0.3) is 0 Å². The van der Waals surface area contributed by atoms with Crippen molar-refractivity contribution in [3.63, 3.8) is 0 Å². The van der Waals surface area contributed by atoms with Crippen LogP contribution in [0, 0.1) is 11.3 Å². The summed E-state index contributed by atoms with van der Waals surface area (Å²) in [5, 5.41) is 8.33. The van der Waals surface area contributed by atoms with Gasteiger partial charge in [-0.1, -0.05) is 6.42 Å². The number of phosphoric ester groups is 1. The van der Waals surface area contributed by atoms with E-state index in [4.69, 9.17) is 18.8 Å². The Hall–Kier alpha value is -0.440. The maximum Gasteiger partial charge on any atom is 0.474 e. The number of quaternary nitrogens is 1. The molecule has 0 bridgehead atoms. The fourth-order valence-electron chi connectivity index (χ4n) is 1.15. The van der Waals surface area contributed by atoms with E-state index >= 15 is 0 Å². The number of hydrogen-bond donors (Lipinski definition) is 1. The van der Waals surface area contributed by atoms with Gasteiger partial charge in [-0.25, -0.2) is 4.57 Å². The lowest BCUT2D eigenvalue weighted by atomic mass is 10.2. The maximum absolute atomic E-state index is 11.8. The predicted octanol–water partition coefficient (Wildman–Crippen LogP) is 1.49. The number of rotatable bonds is 11. The van der Waals surface area contributed by atoms with Crippen molar-refractivity contribution < 1.29 is 23.9 Å². The molecule has 7 heteroatoms. The number of unbranched alkanes of at least 4 members (excludes halogenated alkanes) is 3. The average Bonchev–Trinajstić information content (AvgIpc) is 2.34. The molecule has 0 aliphatic rings. The summed E-state index contributed by atoms with van der Waals surface area (Å²) in [7, 11) is -2.18. The van der Waals surface area contributed by atoms with E-state index in [9.17, 15) is 4.57 Å². The zero-order chi connectivity index (χ0) is 13.0. The zero-order valence-electron chi connectivity index (χ0n) is 10.4. The van der Waals surface area contributed by atoms with E-state index in [1.807, 2.05) is 6.07 Å². The third kappa shape index (κ3) is 9.28. The first-order valence-corrected chi connectivity index (χ1v) is 7.25. The monoisotopic (exact) mass is 265 g/mol. The van der Waals surface area contributed by atoms with Crippen LogP contribution in [0.1, 0.15) is 32.1 Å². The molecule has 100 valence electrons. The van der Waals surface area contributed by atoms with Crippen LogP contribution in [0.15, 0.2) is 0 Å². The highest BCUT2D eigenvalue weighted by Crippen LogP contribution is 2.48. The van der Waals surface area contributed by atoms with Crippen molar-refractivity contribution in [1.82, 2.24) is 0 Å². The van der Waals surface area contributed by atoms with E-state index in [-0.39, 0.29) is 13.0 Å². The molecular formula is C10H22N2O4P+. The Labute approximate surface area is 103 Å². The third-order valence-electron chi connectivity index (χ3n) is 2.08. The molecule has 0 amide bonds. The van der Waals surface area contributed by atoms with Crippen LogP contribution in [0.5, 0.6) is 0 Å². The van der Waals surface area contributed by atoms with Gasteiger partial charge in [0.05, 0.1) is 32.2 Å². The summed E-state index contributed by atoms with van der Waals surface area (Å²) in [6.45, 7) is 1.34. The molecule has 0 aliphatic heterocycles. The molecule has 3 N–H and O–H groups in total. The number of nitrogens with zero attached hydrogens (tertiary/aromatic N) is 1. The molecular weight excluding hydrogens is 243 g/mol. The molecule has 0 fully saturated rings. The quantitative estimate of drug-likeness (QED) is 0.451. The fraction of sp³-hybridized carbons (Fsp3) is 0.900. The van der Waals surface area contributed by atoms with E-state index in [0.29, 0.717) is 6.61 Å². The Morgan fingerprint density at radius 2 is 1.82 bits per heavy atom. The van der Waals surface area contributed by atoms with Crippen molar-refractivity contribution in [2.75, 3.05) is 26.9 Å². The van der Waals surface area contributed by atoms with Crippen LogP contribution in [0.2, 0.25) is 0 Å². The van der Waals surface area contributed by atoms with Crippen LogP contribution in [-0.4, -0.2) is 26.9 Å². The highest BCUT2D eigenvalue weighted by atomic mass is 31.2. The van der Waals surface area contributed by atoms with Crippen molar-refractivity contribution in [3.05, 3.63) is 0 Å². The Kier molecular flexibility index (Phi) is 10.4. The molecule has 0 aromatic heterocycles. The van der Waals surface area contributed by atoms with Crippen LogP contribution in [0.25, 0.3) is 0 Å². The molecule has 0 aromatic carbocycles. The van der Waals surface area contributed by atoms with Crippen molar-refractivity contribution >= 4 is 7.82 Å².